The van der Waals surface area contributed by atoms with Gasteiger partial charge in [-0.15, -0.1) is 22.7 Å². The number of rotatable bonds is 6. The van der Waals surface area contributed by atoms with Crippen molar-refractivity contribution in [2.45, 2.75) is 117 Å². The van der Waals surface area contributed by atoms with Gasteiger partial charge in [0.25, 0.3) is 11.8 Å². The van der Waals surface area contributed by atoms with Gasteiger partial charge in [-0.1, -0.05) is 78.3 Å². The van der Waals surface area contributed by atoms with Crippen molar-refractivity contribution in [2.24, 2.45) is 27.7 Å². The second kappa shape index (κ2) is 17.0. The van der Waals surface area contributed by atoms with E-state index in [9.17, 15) is 19.2 Å². The van der Waals surface area contributed by atoms with E-state index in [4.69, 9.17) is 19.5 Å². The quantitative estimate of drug-likeness (QED) is 0.275. The maximum absolute atomic E-state index is 13.9. The topological polar surface area (TPSA) is 185 Å². The highest BCUT2D eigenvalue weighted by molar-refractivity contribution is 7.10. The molecule has 9 atom stereocenters. The normalized spacial score (nSPS) is 28.2. The van der Waals surface area contributed by atoms with Crippen LogP contribution in [0.2, 0.25) is 0 Å². The first kappa shape index (κ1) is 40.0. The maximum Gasteiger partial charge on any atom is 0.271 e. The fourth-order valence-electron chi connectivity index (χ4n) is 6.68. The van der Waals surface area contributed by atoms with Gasteiger partial charge in [-0.05, 0) is 37.2 Å². The van der Waals surface area contributed by atoms with Crippen LogP contribution in [-0.2, 0) is 25.5 Å². The molecule has 0 aliphatic carbocycles. The van der Waals surface area contributed by atoms with Gasteiger partial charge in [0.15, 0.2) is 12.1 Å². The average Bonchev–Trinajstić information content (AvgIpc) is 3.98. The lowest BCUT2D eigenvalue weighted by Crippen LogP contribution is -2.45. The Balaban J connectivity index is 1.38. The van der Waals surface area contributed by atoms with Gasteiger partial charge >= 0.3 is 0 Å². The minimum Gasteiger partial charge on any atom is -0.474 e. The van der Waals surface area contributed by atoms with Crippen LogP contribution in [-0.4, -0.2) is 81.8 Å². The molecule has 8 bridgehead atoms. The Hall–Kier alpha value is -4.70. The van der Waals surface area contributed by atoms with Crippen molar-refractivity contribution in [1.29, 1.82) is 0 Å². The molecule has 0 saturated heterocycles. The number of thiazole rings is 2. The van der Waals surface area contributed by atoms with Crippen molar-refractivity contribution in [2.75, 3.05) is 0 Å². The van der Waals surface area contributed by atoms with Gasteiger partial charge in [-0.3, -0.25) is 19.2 Å². The highest BCUT2D eigenvalue weighted by Crippen LogP contribution is 2.30. The van der Waals surface area contributed by atoms with E-state index in [0.717, 1.165) is 5.56 Å². The molecule has 3 aliphatic rings. The molecular weight excluding hydrogens is 741 g/mol. The zero-order valence-electron chi connectivity index (χ0n) is 32.4. The molecule has 1 aromatic carbocycles. The van der Waals surface area contributed by atoms with Crippen molar-refractivity contribution in [3.63, 3.8) is 0 Å². The first-order chi connectivity index (χ1) is 26.2. The van der Waals surface area contributed by atoms with Crippen LogP contribution in [0.15, 0.2) is 51.1 Å². The fourth-order valence-corrected chi connectivity index (χ4v) is 8.72. The van der Waals surface area contributed by atoms with Crippen molar-refractivity contribution in [3.05, 3.63) is 68.1 Å². The molecule has 16 heteroatoms. The summed E-state index contributed by atoms with van der Waals surface area (Å²) in [4.78, 5) is 74.2. The smallest absolute Gasteiger partial charge is 0.271 e. The van der Waals surface area contributed by atoms with Crippen LogP contribution < -0.4 is 21.3 Å². The number of carbonyl (C=O) groups excluding carboxylic acids is 4. The van der Waals surface area contributed by atoms with Gasteiger partial charge in [-0.2, -0.15) is 0 Å². The Morgan fingerprint density at radius 2 is 1.16 bits per heavy atom. The summed E-state index contributed by atoms with van der Waals surface area (Å²) in [6, 6.07) is 5.51. The molecule has 3 aromatic rings. The predicted molar refractivity (Wildman–Crippen MR) is 211 cm³/mol. The van der Waals surface area contributed by atoms with Crippen LogP contribution in [0.3, 0.4) is 0 Å². The van der Waals surface area contributed by atoms with Gasteiger partial charge in [-0.25, -0.2) is 20.0 Å². The highest BCUT2D eigenvalue weighted by Gasteiger charge is 2.41. The SMILES string of the molecule is CC[C@H](C)[C@@H]1NC(=O)c2csc(n2)[C@@H](C(C)C)NC(=O)[C@H]2N=C(O[C@@H]2C)[C@H](Cc2ccccc2)NC(=O)c2csc(n2)[C@@H](C(C)C)NC(=O)[C@H]2N=C1O[C@@H]2C. The van der Waals surface area contributed by atoms with Gasteiger partial charge in [0.05, 0.1) is 12.1 Å². The third kappa shape index (κ3) is 8.90. The molecule has 0 radical (unpaired) electrons. The Morgan fingerprint density at radius 1 is 0.673 bits per heavy atom. The number of hydrogen-bond donors (Lipinski definition) is 4. The summed E-state index contributed by atoms with van der Waals surface area (Å²) in [5.74, 6) is -1.28. The molecule has 294 valence electrons. The molecular formula is C39H50N8O6S2. The summed E-state index contributed by atoms with van der Waals surface area (Å²) in [5.41, 5.74) is 1.31. The number of nitrogens with one attached hydrogen (secondary N) is 4. The average molecular weight is 791 g/mol. The van der Waals surface area contributed by atoms with Crippen LogP contribution in [0.1, 0.15) is 110 Å². The molecule has 4 amide bonds. The summed E-state index contributed by atoms with van der Waals surface area (Å²) in [6.45, 7) is 15.4. The molecule has 0 fully saturated rings. The van der Waals surface area contributed by atoms with Gasteiger partial charge in [0, 0.05) is 17.2 Å². The van der Waals surface area contributed by atoms with E-state index in [1.54, 1.807) is 24.6 Å². The summed E-state index contributed by atoms with van der Waals surface area (Å²) >= 11 is 2.56. The van der Waals surface area contributed by atoms with Crippen LogP contribution in [0.5, 0.6) is 0 Å². The second-order valence-electron chi connectivity index (χ2n) is 15.1. The zero-order valence-corrected chi connectivity index (χ0v) is 34.0. The number of aromatic nitrogens is 2. The zero-order chi connectivity index (χ0) is 39.6. The summed E-state index contributed by atoms with van der Waals surface area (Å²) in [7, 11) is 0. The number of amides is 4. The molecule has 3 aliphatic heterocycles. The number of nitrogens with zero attached hydrogens (tertiary/aromatic N) is 4. The standard InChI is InChI=1S/C39H50N8O6S2/c1-9-20(6)29-37-47-31(22(8)53-37)35(51)44-27(18(2)3)38-41-25(16-54-38)32(48)40-24(15-23-13-11-10-12-14-23)36-46-30(21(7)52-36)34(50)43-28(19(4)5)39-42-26(17-55-39)33(49)45-29/h10-14,16-22,24,27-31H,9,15H2,1-8H3,(H,40,48)(H,43,50)(H,44,51)(H,45,49)/t20-,21+,22+,24-,27+,28+,29-,30-,31-/m0/s1. The van der Waals surface area contributed by atoms with E-state index in [1.165, 1.54) is 22.7 Å². The minimum absolute atomic E-state index is 0.0762. The molecule has 6 rings (SSSR count). The monoisotopic (exact) mass is 790 g/mol. The Bertz CT molecular complexity index is 1940. The molecule has 4 N–H and O–H groups in total. The highest BCUT2D eigenvalue weighted by atomic mass is 32.1. The van der Waals surface area contributed by atoms with Gasteiger partial charge < -0.3 is 30.7 Å². The van der Waals surface area contributed by atoms with Crippen LogP contribution >= 0.6 is 22.7 Å². The predicted octanol–water partition coefficient (Wildman–Crippen LogP) is 4.80. The van der Waals surface area contributed by atoms with Crippen LogP contribution in [0.4, 0.5) is 0 Å². The Morgan fingerprint density at radius 3 is 1.67 bits per heavy atom. The molecule has 5 heterocycles. The molecule has 55 heavy (non-hydrogen) atoms. The maximum atomic E-state index is 13.9. The van der Waals surface area contributed by atoms with E-state index >= 15 is 0 Å². The summed E-state index contributed by atoms with van der Waals surface area (Å²) in [5, 5.41) is 16.8. The number of ether oxygens (including phenoxy) is 2. The lowest BCUT2D eigenvalue weighted by atomic mass is 9.98. The lowest BCUT2D eigenvalue weighted by molar-refractivity contribution is -0.125. The fraction of sp³-hybridized carbons (Fsp3) is 0.538. The Labute approximate surface area is 329 Å². The number of aliphatic imine (C=N–C) groups is 2. The third-order valence-corrected chi connectivity index (χ3v) is 12.0. The van der Waals surface area contributed by atoms with Gasteiger partial charge in [0.1, 0.15) is 45.7 Å². The molecule has 0 spiro atoms. The van der Waals surface area contributed by atoms with Crippen molar-refractivity contribution < 1.29 is 28.7 Å². The first-order valence-electron chi connectivity index (χ1n) is 18.9. The third-order valence-electron chi connectivity index (χ3n) is 10.2. The molecule has 2 aromatic heterocycles. The van der Waals surface area contributed by atoms with E-state index < -0.39 is 60.3 Å². The second-order valence-corrected chi connectivity index (χ2v) is 16.9. The minimum atomic E-state index is -0.893. The van der Waals surface area contributed by atoms with E-state index in [0.29, 0.717) is 22.9 Å². The Kier molecular flexibility index (Phi) is 12.3. The number of carbonyl (C=O) groups is 4. The number of hydrogen-bond acceptors (Lipinski definition) is 12. The number of fused-ring (bicyclic) bond motifs is 6. The van der Waals surface area contributed by atoms with Crippen molar-refractivity contribution in [3.8, 4) is 0 Å². The van der Waals surface area contributed by atoms with Gasteiger partial charge in [0.2, 0.25) is 23.6 Å². The van der Waals surface area contributed by atoms with Crippen LogP contribution in [0, 0.1) is 17.8 Å². The van der Waals surface area contributed by atoms with E-state index in [1.807, 2.05) is 71.9 Å². The summed E-state index contributed by atoms with van der Waals surface area (Å²) in [6.07, 6.45) is -0.149. The van der Waals surface area contributed by atoms with E-state index in [-0.39, 0.29) is 52.8 Å². The van der Waals surface area contributed by atoms with Crippen molar-refractivity contribution in [1.82, 2.24) is 31.2 Å². The number of benzene rings is 1. The molecule has 0 unspecified atom stereocenters. The largest absolute Gasteiger partial charge is 0.474 e. The van der Waals surface area contributed by atoms with Crippen molar-refractivity contribution >= 4 is 58.1 Å². The lowest BCUT2D eigenvalue weighted by Gasteiger charge is -2.24. The summed E-state index contributed by atoms with van der Waals surface area (Å²) < 4.78 is 12.4. The van der Waals surface area contributed by atoms with E-state index in [2.05, 4.69) is 31.2 Å². The van der Waals surface area contributed by atoms with Crippen LogP contribution in [0.25, 0.3) is 0 Å². The molecule has 0 saturated carbocycles. The first-order valence-corrected chi connectivity index (χ1v) is 20.7. The molecule has 14 nitrogen and oxygen atoms in total.